The van der Waals surface area contributed by atoms with Crippen molar-refractivity contribution in [3.05, 3.63) is 0 Å². The Hall–Kier alpha value is -0.860. The molecule has 0 aromatic carbocycles. The molecule has 3 heteroatoms. The standard InChI is InChI=1S/C10H16O3/c1-8(13-7-11)10(12)9-5-3-2-4-6-9/h7-9H,2-6H2,1H3. The van der Waals surface area contributed by atoms with E-state index in [2.05, 4.69) is 4.74 Å². The monoisotopic (exact) mass is 184 g/mol. The first-order valence-electron chi connectivity index (χ1n) is 4.88. The first-order chi connectivity index (χ1) is 6.25. The summed E-state index contributed by atoms with van der Waals surface area (Å²) in [5.41, 5.74) is 0. The Kier molecular flexibility index (Phi) is 3.93. The highest BCUT2D eigenvalue weighted by Gasteiger charge is 2.25. The second-order valence-electron chi connectivity index (χ2n) is 3.61. The van der Waals surface area contributed by atoms with Crippen LogP contribution in [0.3, 0.4) is 0 Å². The summed E-state index contributed by atoms with van der Waals surface area (Å²) in [5.74, 6) is 0.218. The molecule has 0 bridgehead atoms. The molecule has 0 aromatic heterocycles. The summed E-state index contributed by atoms with van der Waals surface area (Å²) in [6.45, 7) is 2.00. The van der Waals surface area contributed by atoms with Crippen LogP contribution >= 0.6 is 0 Å². The van der Waals surface area contributed by atoms with Gasteiger partial charge >= 0.3 is 0 Å². The van der Waals surface area contributed by atoms with Crippen LogP contribution < -0.4 is 0 Å². The largest absolute Gasteiger partial charge is 0.457 e. The summed E-state index contributed by atoms with van der Waals surface area (Å²) in [7, 11) is 0. The summed E-state index contributed by atoms with van der Waals surface area (Å²) in [6, 6.07) is 0. The van der Waals surface area contributed by atoms with Gasteiger partial charge in [0.15, 0.2) is 11.9 Å². The van der Waals surface area contributed by atoms with E-state index >= 15 is 0 Å². The average molecular weight is 184 g/mol. The SMILES string of the molecule is CC(OC=O)C(=O)C1CCCCC1. The quantitative estimate of drug-likeness (QED) is 0.624. The molecule has 0 saturated heterocycles. The maximum absolute atomic E-state index is 11.6. The van der Waals surface area contributed by atoms with E-state index in [0.29, 0.717) is 6.47 Å². The predicted molar refractivity (Wildman–Crippen MR) is 48.2 cm³/mol. The van der Waals surface area contributed by atoms with Crippen molar-refractivity contribution in [2.45, 2.75) is 45.1 Å². The van der Waals surface area contributed by atoms with Crippen LogP contribution in [-0.2, 0) is 14.3 Å². The Morgan fingerprint density at radius 1 is 1.38 bits per heavy atom. The van der Waals surface area contributed by atoms with Gasteiger partial charge in [-0.15, -0.1) is 0 Å². The average Bonchev–Trinajstić information content (AvgIpc) is 2.18. The molecule has 1 aliphatic carbocycles. The second-order valence-corrected chi connectivity index (χ2v) is 3.61. The molecule has 74 valence electrons. The van der Waals surface area contributed by atoms with Crippen molar-refractivity contribution >= 4 is 12.3 Å². The Balaban J connectivity index is 2.40. The Bertz CT molecular complexity index is 183. The highest BCUT2D eigenvalue weighted by molar-refractivity contribution is 5.85. The van der Waals surface area contributed by atoms with Crippen LogP contribution in [-0.4, -0.2) is 18.4 Å². The molecule has 1 saturated carbocycles. The van der Waals surface area contributed by atoms with Gasteiger partial charge < -0.3 is 4.74 Å². The summed E-state index contributed by atoms with van der Waals surface area (Å²) >= 11 is 0. The van der Waals surface area contributed by atoms with E-state index < -0.39 is 6.10 Å². The van der Waals surface area contributed by atoms with Crippen molar-refractivity contribution in [3.63, 3.8) is 0 Å². The van der Waals surface area contributed by atoms with E-state index in [-0.39, 0.29) is 11.7 Å². The number of hydrogen-bond acceptors (Lipinski definition) is 3. The minimum absolute atomic E-state index is 0.0896. The number of Topliss-reactive ketones (excluding diaryl/α,β-unsaturated/α-hetero) is 1. The van der Waals surface area contributed by atoms with Gasteiger partial charge in [0.05, 0.1) is 0 Å². The van der Waals surface area contributed by atoms with Crippen LogP contribution in [0, 0.1) is 5.92 Å². The molecule has 0 spiro atoms. The molecule has 1 fully saturated rings. The fourth-order valence-electron chi connectivity index (χ4n) is 1.87. The minimum Gasteiger partial charge on any atom is -0.457 e. The van der Waals surface area contributed by atoms with Crippen molar-refractivity contribution in [1.29, 1.82) is 0 Å². The second kappa shape index (κ2) is 5.00. The maximum atomic E-state index is 11.6. The number of hydrogen-bond donors (Lipinski definition) is 0. The lowest BCUT2D eigenvalue weighted by atomic mass is 9.85. The molecule has 0 heterocycles. The van der Waals surface area contributed by atoms with Gasteiger partial charge in [-0.1, -0.05) is 19.3 Å². The number of rotatable bonds is 4. The molecule has 1 atom stereocenters. The van der Waals surface area contributed by atoms with Gasteiger partial charge in [-0.2, -0.15) is 0 Å². The van der Waals surface area contributed by atoms with Crippen LogP contribution in [0.4, 0.5) is 0 Å². The zero-order chi connectivity index (χ0) is 9.68. The highest BCUT2D eigenvalue weighted by atomic mass is 16.5. The van der Waals surface area contributed by atoms with Crippen LogP contribution in [0.25, 0.3) is 0 Å². The van der Waals surface area contributed by atoms with E-state index in [1.54, 1.807) is 6.92 Å². The third kappa shape index (κ3) is 2.83. The van der Waals surface area contributed by atoms with Crippen LogP contribution in [0.5, 0.6) is 0 Å². The molecule has 3 nitrogen and oxygen atoms in total. The van der Waals surface area contributed by atoms with Gasteiger partial charge in [0, 0.05) is 5.92 Å². The number of ether oxygens (including phenoxy) is 1. The molecule has 0 radical (unpaired) electrons. The maximum Gasteiger partial charge on any atom is 0.293 e. The van der Waals surface area contributed by atoms with E-state index in [1.807, 2.05) is 0 Å². The zero-order valence-corrected chi connectivity index (χ0v) is 7.99. The lowest BCUT2D eigenvalue weighted by Crippen LogP contribution is -2.29. The van der Waals surface area contributed by atoms with Gasteiger partial charge in [-0.3, -0.25) is 9.59 Å². The lowest BCUT2D eigenvalue weighted by Gasteiger charge is -2.22. The number of carbonyl (C=O) groups excluding carboxylic acids is 2. The molecule has 0 amide bonds. The van der Waals surface area contributed by atoms with Gasteiger partial charge in [-0.05, 0) is 19.8 Å². The van der Waals surface area contributed by atoms with Crippen molar-refractivity contribution in [1.82, 2.24) is 0 Å². The van der Waals surface area contributed by atoms with Crippen LogP contribution in [0.2, 0.25) is 0 Å². The van der Waals surface area contributed by atoms with Gasteiger partial charge in [0.2, 0.25) is 0 Å². The fourth-order valence-corrected chi connectivity index (χ4v) is 1.87. The van der Waals surface area contributed by atoms with Crippen molar-refractivity contribution in [2.24, 2.45) is 5.92 Å². The Morgan fingerprint density at radius 2 is 2.00 bits per heavy atom. The van der Waals surface area contributed by atoms with Crippen LogP contribution in [0.15, 0.2) is 0 Å². The summed E-state index contributed by atoms with van der Waals surface area (Å²) in [6.07, 6.45) is 4.86. The van der Waals surface area contributed by atoms with Crippen LogP contribution in [0.1, 0.15) is 39.0 Å². The van der Waals surface area contributed by atoms with E-state index in [9.17, 15) is 9.59 Å². The lowest BCUT2D eigenvalue weighted by molar-refractivity contribution is -0.145. The smallest absolute Gasteiger partial charge is 0.293 e. The molecule has 0 aromatic rings. The first kappa shape index (κ1) is 10.2. The third-order valence-electron chi connectivity index (χ3n) is 2.67. The number of carbonyl (C=O) groups is 2. The Labute approximate surface area is 78.5 Å². The summed E-state index contributed by atoms with van der Waals surface area (Å²) < 4.78 is 4.63. The van der Waals surface area contributed by atoms with E-state index in [1.165, 1.54) is 6.42 Å². The summed E-state index contributed by atoms with van der Waals surface area (Å²) in [4.78, 5) is 21.6. The van der Waals surface area contributed by atoms with Gasteiger partial charge in [0.1, 0.15) is 0 Å². The molecule has 1 aliphatic rings. The topological polar surface area (TPSA) is 43.4 Å². The molecular weight excluding hydrogens is 168 g/mol. The van der Waals surface area contributed by atoms with Crippen molar-refractivity contribution in [3.8, 4) is 0 Å². The van der Waals surface area contributed by atoms with Gasteiger partial charge in [0.25, 0.3) is 6.47 Å². The van der Waals surface area contributed by atoms with Crippen molar-refractivity contribution in [2.75, 3.05) is 0 Å². The highest BCUT2D eigenvalue weighted by Crippen LogP contribution is 2.25. The molecule has 0 aliphatic heterocycles. The third-order valence-corrected chi connectivity index (χ3v) is 2.67. The number of ketones is 1. The fraction of sp³-hybridized carbons (Fsp3) is 0.800. The molecular formula is C10H16O3. The normalized spacial score (nSPS) is 20.7. The molecule has 1 unspecified atom stereocenters. The first-order valence-corrected chi connectivity index (χ1v) is 4.88. The predicted octanol–water partition coefficient (Wildman–Crippen LogP) is 1.70. The van der Waals surface area contributed by atoms with E-state index in [0.717, 1.165) is 25.7 Å². The van der Waals surface area contributed by atoms with Gasteiger partial charge in [-0.25, -0.2) is 0 Å². The molecule has 1 rings (SSSR count). The van der Waals surface area contributed by atoms with Crippen molar-refractivity contribution < 1.29 is 14.3 Å². The molecule has 13 heavy (non-hydrogen) atoms. The van der Waals surface area contributed by atoms with E-state index in [4.69, 9.17) is 0 Å². The Morgan fingerprint density at radius 3 is 2.54 bits per heavy atom. The summed E-state index contributed by atoms with van der Waals surface area (Å²) in [5, 5.41) is 0. The molecule has 0 N–H and O–H groups in total. The zero-order valence-electron chi connectivity index (χ0n) is 7.99. The minimum atomic E-state index is -0.555.